The number of rotatable bonds is 6. The van der Waals surface area contributed by atoms with Crippen molar-refractivity contribution >= 4 is 11.9 Å². The molecule has 0 radical (unpaired) electrons. The molecular weight excluding hydrogens is 298 g/mol. The number of aryl methyl sites for hydroxylation is 2. The van der Waals surface area contributed by atoms with Crippen molar-refractivity contribution in [2.45, 2.75) is 46.3 Å². The first-order chi connectivity index (χ1) is 10.8. The van der Waals surface area contributed by atoms with Crippen LogP contribution in [0.5, 0.6) is 0 Å². The van der Waals surface area contributed by atoms with E-state index in [4.69, 9.17) is 5.11 Å². The topological polar surface area (TPSA) is 102 Å². The molecular formula is C15H21N5O3. The second kappa shape index (κ2) is 6.64. The lowest BCUT2D eigenvalue weighted by atomic mass is 10.1. The van der Waals surface area contributed by atoms with E-state index in [2.05, 4.69) is 15.5 Å². The predicted molar refractivity (Wildman–Crippen MR) is 83.1 cm³/mol. The normalized spacial score (nSPS) is 13.6. The summed E-state index contributed by atoms with van der Waals surface area (Å²) in [6.45, 7) is 8.05. The molecule has 0 fully saturated rings. The summed E-state index contributed by atoms with van der Waals surface area (Å²) >= 11 is 0. The van der Waals surface area contributed by atoms with E-state index >= 15 is 0 Å². The molecule has 1 amide bonds. The molecule has 2 aromatic heterocycles. The zero-order valence-corrected chi connectivity index (χ0v) is 13.6. The Bertz CT molecular complexity index is 719. The molecule has 124 valence electrons. The number of aliphatic carboxylic acids is 1. The summed E-state index contributed by atoms with van der Waals surface area (Å²) in [5, 5.41) is 20.1. The summed E-state index contributed by atoms with van der Waals surface area (Å²) in [5.74, 6) is -1.30. The molecule has 2 aromatic rings. The molecule has 2 rings (SSSR count). The van der Waals surface area contributed by atoms with Crippen LogP contribution in [-0.2, 0) is 11.3 Å². The summed E-state index contributed by atoms with van der Waals surface area (Å²) in [6.07, 6.45) is 4.71. The third-order valence-corrected chi connectivity index (χ3v) is 3.74. The Hall–Kier alpha value is -2.64. The molecule has 0 saturated carbocycles. The van der Waals surface area contributed by atoms with Crippen LogP contribution in [0.2, 0.25) is 0 Å². The molecule has 0 saturated heterocycles. The van der Waals surface area contributed by atoms with E-state index in [1.807, 2.05) is 31.6 Å². The zero-order chi connectivity index (χ0) is 17.1. The summed E-state index contributed by atoms with van der Waals surface area (Å²) in [4.78, 5) is 23.2. The van der Waals surface area contributed by atoms with Crippen molar-refractivity contribution in [3.63, 3.8) is 0 Å². The smallest absolute Gasteiger partial charge is 0.328 e. The number of hydrogen-bond donors (Lipinski definition) is 2. The number of carboxylic acid groups (broad SMARTS) is 1. The third kappa shape index (κ3) is 3.58. The van der Waals surface area contributed by atoms with E-state index in [1.165, 1.54) is 24.0 Å². The van der Waals surface area contributed by atoms with Gasteiger partial charge in [0.05, 0.1) is 23.5 Å². The minimum absolute atomic E-state index is 0.206. The van der Waals surface area contributed by atoms with Crippen LogP contribution in [0.15, 0.2) is 18.6 Å². The Labute approximate surface area is 134 Å². The average molecular weight is 319 g/mol. The number of nitrogens with one attached hydrogen (secondary N) is 1. The molecule has 2 atom stereocenters. The molecule has 8 nitrogen and oxygen atoms in total. The van der Waals surface area contributed by atoms with E-state index in [-0.39, 0.29) is 11.9 Å². The van der Waals surface area contributed by atoms with Crippen LogP contribution in [0.25, 0.3) is 0 Å². The fraction of sp³-hybridized carbons (Fsp3) is 0.467. The Morgan fingerprint density at radius 2 is 2.04 bits per heavy atom. The molecule has 8 heteroatoms. The van der Waals surface area contributed by atoms with Gasteiger partial charge >= 0.3 is 5.97 Å². The molecule has 23 heavy (non-hydrogen) atoms. The Morgan fingerprint density at radius 1 is 1.35 bits per heavy atom. The highest BCUT2D eigenvalue weighted by Gasteiger charge is 2.19. The lowest BCUT2D eigenvalue weighted by Crippen LogP contribution is -2.26. The van der Waals surface area contributed by atoms with Gasteiger partial charge < -0.3 is 10.4 Å². The number of carbonyl (C=O) groups excluding carboxylic acids is 1. The highest BCUT2D eigenvalue weighted by atomic mass is 16.4. The minimum Gasteiger partial charge on any atom is -0.480 e. The van der Waals surface area contributed by atoms with Crippen LogP contribution in [0.4, 0.5) is 0 Å². The van der Waals surface area contributed by atoms with Gasteiger partial charge in [-0.25, -0.2) is 4.79 Å². The number of carbonyl (C=O) groups is 2. The van der Waals surface area contributed by atoms with Crippen LogP contribution < -0.4 is 5.32 Å². The molecule has 0 aliphatic carbocycles. The third-order valence-electron chi connectivity index (χ3n) is 3.74. The van der Waals surface area contributed by atoms with Crippen molar-refractivity contribution in [2.75, 3.05) is 0 Å². The van der Waals surface area contributed by atoms with Gasteiger partial charge in [0.25, 0.3) is 5.91 Å². The molecule has 0 bridgehead atoms. The Balaban J connectivity index is 2.09. The van der Waals surface area contributed by atoms with Crippen LogP contribution in [0.1, 0.15) is 54.5 Å². The summed E-state index contributed by atoms with van der Waals surface area (Å²) in [5.41, 5.74) is 2.15. The van der Waals surface area contributed by atoms with Crippen molar-refractivity contribution < 1.29 is 14.7 Å². The highest BCUT2D eigenvalue weighted by molar-refractivity contribution is 5.94. The fourth-order valence-corrected chi connectivity index (χ4v) is 2.26. The van der Waals surface area contributed by atoms with Gasteiger partial charge in [0.1, 0.15) is 6.04 Å². The van der Waals surface area contributed by atoms with Gasteiger partial charge in [-0.1, -0.05) is 0 Å². The first-order valence-corrected chi connectivity index (χ1v) is 7.45. The Kier molecular flexibility index (Phi) is 4.83. The maximum absolute atomic E-state index is 12.3. The second-order valence-corrected chi connectivity index (χ2v) is 5.44. The van der Waals surface area contributed by atoms with Gasteiger partial charge in [0.2, 0.25) is 0 Å². The van der Waals surface area contributed by atoms with Gasteiger partial charge in [-0.3, -0.25) is 14.2 Å². The summed E-state index contributed by atoms with van der Waals surface area (Å²) in [6, 6.07) is -1.03. The van der Waals surface area contributed by atoms with Crippen LogP contribution in [0.3, 0.4) is 0 Å². The molecule has 0 aromatic carbocycles. The number of carboxylic acids is 1. The van der Waals surface area contributed by atoms with E-state index < -0.39 is 12.0 Å². The van der Waals surface area contributed by atoms with E-state index in [0.717, 1.165) is 17.8 Å². The fourth-order valence-electron chi connectivity index (χ4n) is 2.26. The molecule has 0 aliphatic rings. The quantitative estimate of drug-likeness (QED) is 0.841. The first kappa shape index (κ1) is 16.7. The van der Waals surface area contributed by atoms with Gasteiger partial charge in [0.15, 0.2) is 0 Å². The number of amides is 1. The Morgan fingerprint density at radius 3 is 2.61 bits per heavy atom. The van der Waals surface area contributed by atoms with Gasteiger partial charge in [0, 0.05) is 24.5 Å². The van der Waals surface area contributed by atoms with E-state index in [9.17, 15) is 9.59 Å². The van der Waals surface area contributed by atoms with Crippen molar-refractivity contribution in [1.82, 2.24) is 24.9 Å². The molecule has 2 heterocycles. The minimum atomic E-state index is -1.00. The second-order valence-electron chi connectivity index (χ2n) is 5.44. The lowest BCUT2D eigenvalue weighted by Gasteiger charge is -2.12. The van der Waals surface area contributed by atoms with Crippen molar-refractivity contribution in [2.24, 2.45) is 0 Å². The average Bonchev–Trinajstić information content (AvgIpc) is 3.12. The summed E-state index contributed by atoms with van der Waals surface area (Å²) in [7, 11) is 0. The van der Waals surface area contributed by atoms with Gasteiger partial charge in [-0.05, 0) is 27.7 Å². The monoisotopic (exact) mass is 319 g/mol. The summed E-state index contributed by atoms with van der Waals surface area (Å²) < 4.78 is 3.07. The molecule has 0 aliphatic heterocycles. The lowest BCUT2D eigenvalue weighted by molar-refractivity contribution is -0.140. The van der Waals surface area contributed by atoms with E-state index in [0.29, 0.717) is 5.56 Å². The van der Waals surface area contributed by atoms with Crippen molar-refractivity contribution in [3.05, 3.63) is 35.4 Å². The predicted octanol–water partition coefficient (Wildman–Crippen LogP) is 1.54. The van der Waals surface area contributed by atoms with Gasteiger partial charge in [-0.2, -0.15) is 10.2 Å². The van der Waals surface area contributed by atoms with E-state index in [1.54, 1.807) is 0 Å². The van der Waals surface area contributed by atoms with Crippen molar-refractivity contribution in [3.8, 4) is 0 Å². The SMILES string of the molecule is CCn1cc(C(C)NC(=O)c2cnn(C(C)C(=O)O)c2)c(C)n1. The zero-order valence-electron chi connectivity index (χ0n) is 13.6. The number of nitrogens with zero attached hydrogens (tertiary/aromatic N) is 4. The van der Waals surface area contributed by atoms with Crippen LogP contribution >= 0.6 is 0 Å². The maximum Gasteiger partial charge on any atom is 0.328 e. The number of aromatic nitrogens is 4. The van der Waals surface area contributed by atoms with Crippen LogP contribution in [0, 0.1) is 6.92 Å². The first-order valence-electron chi connectivity index (χ1n) is 7.45. The maximum atomic E-state index is 12.3. The largest absolute Gasteiger partial charge is 0.480 e. The van der Waals surface area contributed by atoms with Crippen molar-refractivity contribution in [1.29, 1.82) is 0 Å². The highest BCUT2D eigenvalue weighted by Crippen LogP contribution is 2.17. The standard InChI is InChI=1S/C15H21N5O3/c1-5-19-8-13(10(3)18-19)9(2)17-14(21)12-6-16-20(7-12)11(4)15(22)23/h6-9,11H,5H2,1-4H3,(H,17,21)(H,22,23). The number of hydrogen-bond acceptors (Lipinski definition) is 4. The molecule has 2 unspecified atom stereocenters. The molecule has 2 N–H and O–H groups in total. The van der Waals surface area contributed by atoms with Crippen LogP contribution in [-0.4, -0.2) is 36.5 Å². The molecule has 0 spiro atoms. The van der Waals surface area contributed by atoms with Gasteiger partial charge in [-0.15, -0.1) is 0 Å².